The predicted octanol–water partition coefficient (Wildman–Crippen LogP) is 3.53. The van der Waals surface area contributed by atoms with Crippen LogP contribution < -0.4 is 15.4 Å². The van der Waals surface area contributed by atoms with Crippen LogP contribution in [0.5, 0.6) is 0 Å². The average Bonchev–Trinajstić information content (AvgIpc) is 3.18. The second kappa shape index (κ2) is 11.1. The van der Waals surface area contributed by atoms with Gasteiger partial charge in [0, 0.05) is 51.0 Å². The Bertz CT molecular complexity index is 1550. The van der Waals surface area contributed by atoms with Gasteiger partial charge in [-0.3, -0.25) is 23.7 Å². The first kappa shape index (κ1) is 26.8. The maximum absolute atomic E-state index is 13.7. The van der Waals surface area contributed by atoms with E-state index in [-0.39, 0.29) is 36.7 Å². The third kappa shape index (κ3) is 5.66. The molecule has 2 aliphatic heterocycles. The van der Waals surface area contributed by atoms with Crippen molar-refractivity contribution in [2.75, 3.05) is 42.5 Å². The molecule has 2 aromatic heterocycles. The van der Waals surface area contributed by atoms with Crippen LogP contribution in [0, 0.1) is 12.7 Å². The maximum atomic E-state index is 13.7. The molecule has 4 heterocycles. The topological polar surface area (TPSA) is 98.5 Å². The number of carboxylic acid groups (broad SMARTS) is 1. The first-order valence-electron chi connectivity index (χ1n) is 12.5. The largest absolute Gasteiger partial charge is 0.481 e. The van der Waals surface area contributed by atoms with Gasteiger partial charge in [-0.2, -0.15) is 0 Å². The molecule has 2 fully saturated rings. The summed E-state index contributed by atoms with van der Waals surface area (Å²) in [4.78, 5) is 48.5. The van der Waals surface area contributed by atoms with Crippen molar-refractivity contribution >= 4 is 63.4 Å². The van der Waals surface area contributed by atoms with Crippen LogP contribution in [-0.2, 0) is 9.59 Å². The van der Waals surface area contributed by atoms with Gasteiger partial charge in [0.15, 0.2) is 0 Å². The van der Waals surface area contributed by atoms with Crippen molar-refractivity contribution in [2.24, 2.45) is 0 Å². The fourth-order valence-electron chi connectivity index (χ4n) is 4.65. The molecule has 3 aromatic rings. The van der Waals surface area contributed by atoms with Crippen LogP contribution in [0.4, 0.5) is 15.9 Å². The average molecular weight is 568 g/mol. The number of halogens is 1. The number of carbonyl (C=O) groups is 2. The smallest absolute Gasteiger partial charge is 0.303 e. The van der Waals surface area contributed by atoms with Crippen LogP contribution in [-0.4, -0.2) is 68.3 Å². The Morgan fingerprint density at radius 1 is 1.10 bits per heavy atom. The molecule has 2 aliphatic rings. The number of pyridine rings is 1. The van der Waals surface area contributed by atoms with Crippen LogP contribution in [0.2, 0.25) is 0 Å². The highest BCUT2D eigenvalue weighted by Crippen LogP contribution is 2.34. The quantitative estimate of drug-likeness (QED) is 0.340. The number of aryl methyl sites for hydroxylation is 1. The van der Waals surface area contributed by atoms with Crippen LogP contribution in [0.15, 0.2) is 52.3 Å². The van der Waals surface area contributed by atoms with Gasteiger partial charge >= 0.3 is 5.97 Å². The zero-order chi connectivity index (χ0) is 27.7. The molecule has 0 aliphatic carbocycles. The number of aromatic nitrogens is 2. The first-order valence-corrected chi connectivity index (χ1v) is 13.7. The van der Waals surface area contributed by atoms with Crippen molar-refractivity contribution in [1.29, 1.82) is 0 Å². The summed E-state index contributed by atoms with van der Waals surface area (Å²) in [6.07, 6.45) is 3.48. The molecule has 5 rings (SSSR count). The molecule has 0 atom stereocenters. The normalized spacial score (nSPS) is 17.1. The zero-order valence-corrected chi connectivity index (χ0v) is 22.8. The number of amides is 1. The lowest BCUT2D eigenvalue weighted by Gasteiger charge is -2.37. The lowest BCUT2D eigenvalue weighted by Crippen LogP contribution is -2.47. The molecule has 2 saturated heterocycles. The minimum atomic E-state index is -0.939. The Hall–Kier alpha value is -3.77. The number of anilines is 2. The minimum absolute atomic E-state index is 0.0700. The maximum Gasteiger partial charge on any atom is 0.303 e. The Labute approximate surface area is 233 Å². The number of carbonyl (C=O) groups excluding carboxylic acids is 1. The van der Waals surface area contributed by atoms with E-state index in [0.717, 1.165) is 23.0 Å². The van der Waals surface area contributed by atoms with Crippen molar-refractivity contribution in [2.45, 2.75) is 19.8 Å². The number of carboxylic acids is 1. The lowest BCUT2D eigenvalue weighted by molar-refractivity contribution is -0.137. The van der Waals surface area contributed by atoms with Crippen molar-refractivity contribution in [3.8, 4) is 0 Å². The van der Waals surface area contributed by atoms with Gasteiger partial charge < -0.3 is 14.9 Å². The van der Waals surface area contributed by atoms with E-state index < -0.39 is 5.97 Å². The molecule has 39 heavy (non-hydrogen) atoms. The van der Waals surface area contributed by atoms with Crippen LogP contribution in [0.3, 0.4) is 0 Å². The van der Waals surface area contributed by atoms with Crippen LogP contribution in [0.25, 0.3) is 11.7 Å². The molecule has 1 aromatic carbocycles. The first-order chi connectivity index (χ1) is 18.7. The second-order valence-electron chi connectivity index (χ2n) is 9.37. The third-order valence-corrected chi connectivity index (χ3v) is 8.06. The molecular formula is C27H26FN5O4S2. The van der Waals surface area contributed by atoms with E-state index in [2.05, 4.69) is 4.90 Å². The molecular weight excluding hydrogens is 541 g/mol. The summed E-state index contributed by atoms with van der Waals surface area (Å²) in [6, 6.07) is 10.0. The number of fused-ring (bicyclic) bond motifs is 1. The van der Waals surface area contributed by atoms with Crippen LogP contribution >= 0.6 is 24.0 Å². The standard InChI is InChI=1S/C27H26FN5O4S2/c1-17-4-9-22-29-24(31-13-11-30(12-14-31)19-7-5-18(28)6-8-19)20(25(36)33(22)16-17)15-21-26(37)32(27(38)39-21)10-2-3-23(34)35/h4-9,15-16H,2-3,10-14H2,1H3,(H,34,35)/b21-15+. The number of rotatable bonds is 7. The van der Waals surface area contributed by atoms with Crippen molar-refractivity contribution in [3.63, 3.8) is 0 Å². The summed E-state index contributed by atoms with van der Waals surface area (Å²) in [5.41, 5.74) is 2.31. The van der Waals surface area contributed by atoms with Gasteiger partial charge in [0.1, 0.15) is 21.6 Å². The molecule has 0 unspecified atom stereocenters. The predicted molar refractivity (Wildman–Crippen MR) is 154 cm³/mol. The van der Waals surface area contributed by atoms with Crippen LogP contribution in [0.1, 0.15) is 24.0 Å². The highest BCUT2D eigenvalue weighted by Gasteiger charge is 2.33. The molecule has 1 amide bonds. The van der Waals surface area contributed by atoms with E-state index in [0.29, 0.717) is 52.4 Å². The Balaban J connectivity index is 1.47. The fraction of sp³-hybridized carbons (Fsp3) is 0.296. The van der Waals surface area contributed by atoms with E-state index in [1.807, 2.05) is 17.9 Å². The number of aliphatic carboxylic acids is 1. The Kier molecular flexibility index (Phi) is 7.67. The molecule has 0 spiro atoms. The van der Waals surface area contributed by atoms with Gasteiger partial charge in [0.05, 0.1) is 10.5 Å². The fourth-order valence-corrected chi connectivity index (χ4v) is 5.95. The second-order valence-corrected chi connectivity index (χ2v) is 11.0. The van der Waals surface area contributed by atoms with E-state index in [1.165, 1.54) is 21.4 Å². The molecule has 0 saturated carbocycles. The monoisotopic (exact) mass is 567 g/mol. The van der Waals surface area contributed by atoms with Gasteiger partial charge in [-0.25, -0.2) is 9.37 Å². The van der Waals surface area contributed by atoms with Gasteiger partial charge in [-0.1, -0.05) is 30.0 Å². The number of benzene rings is 1. The number of nitrogens with zero attached hydrogens (tertiary/aromatic N) is 5. The number of thiocarbonyl (C=S) groups is 1. The van der Waals surface area contributed by atoms with Gasteiger partial charge in [-0.15, -0.1) is 0 Å². The summed E-state index contributed by atoms with van der Waals surface area (Å²) in [5.74, 6) is -1.09. The lowest BCUT2D eigenvalue weighted by atomic mass is 10.2. The van der Waals surface area contributed by atoms with E-state index in [4.69, 9.17) is 22.3 Å². The number of hydrogen-bond acceptors (Lipinski definition) is 8. The van der Waals surface area contributed by atoms with Crippen molar-refractivity contribution < 1.29 is 19.1 Å². The Morgan fingerprint density at radius 3 is 2.49 bits per heavy atom. The summed E-state index contributed by atoms with van der Waals surface area (Å²) < 4.78 is 15.2. The van der Waals surface area contributed by atoms with Gasteiger partial charge in [-0.05, 0) is 55.3 Å². The summed E-state index contributed by atoms with van der Waals surface area (Å²) in [7, 11) is 0. The van der Waals surface area contributed by atoms with Gasteiger partial charge in [0.25, 0.3) is 11.5 Å². The molecule has 0 bridgehead atoms. The molecule has 202 valence electrons. The molecule has 1 N–H and O–H groups in total. The summed E-state index contributed by atoms with van der Waals surface area (Å²) in [6.45, 7) is 4.51. The number of hydrogen-bond donors (Lipinski definition) is 1. The SMILES string of the molecule is Cc1ccc2nc(N3CCN(c4ccc(F)cc4)CC3)c(/C=C3/SC(=S)N(CCCC(=O)O)C3=O)c(=O)n2c1. The van der Waals surface area contributed by atoms with Crippen molar-refractivity contribution in [3.05, 3.63) is 74.8 Å². The highest BCUT2D eigenvalue weighted by atomic mass is 32.2. The number of piperazine rings is 1. The number of thioether (sulfide) groups is 1. The Morgan fingerprint density at radius 2 is 1.79 bits per heavy atom. The summed E-state index contributed by atoms with van der Waals surface area (Å²) in [5, 5.41) is 8.93. The summed E-state index contributed by atoms with van der Waals surface area (Å²) >= 11 is 6.48. The minimum Gasteiger partial charge on any atom is -0.481 e. The van der Waals surface area contributed by atoms with Gasteiger partial charge in [0.2, 0.25) is 0 Å². The van der Waals surface area contributed by atoms with Crippen molar-refractivity contribution in [1.82, 2.24) is 14.3 Å². The van der Waals surface area contributed by atoms with E-state index in [1.54, 1.807) is 30.5 Å². The van der Waals surface area contributed by atoms with E-state index >= 15 is 0 Å². The highest BCUT2D eigenvalue weighted by molar-refractivity contribution is 8.26. The van der Waals surface area contributed by atoms with E-state index in [9.17, 15) is 18.8 Å². The molecule has 9 nitrogen and oxygen atoms in total. The third-order valence-electron chi connectivity index (χ3n) is 6.68. The molecule has 0 radical (unpaired) electrons. The molecule has 12 heteroatoms. The zero-order valence-electron chi connectivity index (χ0n) is 21.2.